The minimum atomic E-state index is -0.0604. The Labute approximate surface area is 140 Å². The third-order valence-corrected chi connectivity index (χ3v) is 3.80. The van der Waals surface area contributed by atoms with Crippen molar-refractivity contribution in [1.82, 2.24) is 10.2 Å². The van der Waals surface area contributed by atoms with Crippen LogP contribution >= 0.6 is 24.8 Å². The monoisotopic (exact) mass is 336 g/mol. The summed E-state index contributed by atoms with van der Waals surface area (Å²) in [5.74, 6) is 0.509. The van der Waals surface area contributed by atoms with Gasteiger partial charge in [0.15, 0.2) is 0 Å². The van der Waals surface area contributed by atoms with Gasteiger partial charge in [-0.25, -0.2) is 4.39 Å². The van der Waals surface area contributed by atoms with E-state index in [1.165, 1.54) is 0 Å². The van der Waals surface area contributed by atoms with E-state index < -0.39 is 0 Å². The second-order valence-corrected chi connectivity index (χ2v) is 5.96. The van der Waals surface area contributed by atoms with Gasteiger partial charge in [-0.3, -0.25) is 4.90 Å². The van der Waals surface area contributed by atoms with Crippen LogP contribution in [0.3, 0.4) is 0 Å². The Morgan fingerprint density at radius 1 is 1.19 bits per heavy atom. The summed E-state index contributed by atoms with van der Waals surface area (Å²) in [5.41, 5.74) is 2.01. The van der Waals surface area contributed by atoms with Crippen LogP contribution in [0.2, 0.25) is 0 Å². The highest BCUT2D eigenvalue weighted by Crippen LogP contribution is 2.30. The molecule has 0 aliphatic carbocycles. The van der Waals surface area contributed by atoms with E-state index in [0.29, 0.717) is 5.92 Å². The van der Waals surface area contributed by atoms with E-state index in [9.17, 15) is 4.39 Å². The summed E-state index contributed by atoms with van der Waals surface area (Å²) in [6.45, 7) is 10.5. The molecule has 0 amide bonds. The molecular formula is C16H27Cl2FN2. The first kappa shape index (κ1) is 20.6. The Morgan fingerprint density at radius 2 is 1.81 bits per heavy atom. The number of hydrogen-bond donors (Lipinski definition) is 1. The summed E-state index contributed by atoms with van der Waals surface area (Å²) in [4.78, 5) is 2.42. The third-order valence-electron chi connectivity index (χ3n) is 3.80. The normalized spacial score (nSPS) is 17.0. The summed E-state index contributed by atoms with van der Waals surface area (Å²) in [6.07, 6.45) is 1.01. The molecule has 5 heteroatoms. The van der Waals surface area contributed by atoms with Gasteiger partial charge < -0.3 is 5.32 Å². The molecule has 122 valence electrons. The van der Waals surface area contributed by atoms with Gasteiger partial charge in [-0.15, -0.1) is 24.8 Å². The van der Waals surface area contributed by atoms with Crippen molar-refractivity contribution in [2.45, 2.75) is 33.2 Å². The molecule has 2 nitrogen and oxygen atoms in total. The van der Waals surface area contributed by atoms with Gasteiger partial charge in [-0.1, -0.05) is 31.5 Å². The zero-order chi connectivity index (χ0) is 13.8. The second-order valence-electron chi connectivity index (χ2n) is 5.96. The van der Waals surface area contributed by atoms with E-state index >= 15 is 0 Å². The van der Waals surface area contributed by atoms with E-state index in [4.69, 9.17) is 0 Å². The molecular weight excluding hydrogens is 310 g/mol. The van der Waals surface area contributed by atoms with E-state index in [2.05, 4.69) is 24.1 Å². The van der Waals surface area contributed by atoms with Crippen molar-refractivity contribution in [1.29, 1.82) is 0 Å². The van der Waals surface area contributed by atoms with E-state index in [1.807, 2.05) is 19.1 Å². The summed E-state index contributed by atoms with van der Waals surface area (Å²) in [6, 6.07) is 5.69. The largest absolute Gasteiger partial charge is 0.314 e. The highest BCUT2D eigenvalue weighted by molar-refractivity contribution is 5.85. The summed E-state index contributed by atoms with van der Waals surface area (Å²) < 4.78 is 14.2. The fraction of sp³-hybridized carbons (Fsp3) is 0.625. The van der Waals surface area contributed by atoms with Crippen molar-refractivity contribution in [3.63, 3.8) is 0 Å². The van der Waals surface area contributed by atoms with Crippen LogP contribution in [-0.4, -0.2) is 31.1 Å². The highest BCUT2D eigenvalue weighted by Gasteiger charge is 2.25. The van der Waals surface area contributed by atoms with Gasteiger partial charge in [0.1, 0.15) is 5.82 Å². The first-order valence-electron chi connectivity index (χ1n) is 7.28. The van der Waals surface area contributed by atoms with E-state index in [1.54, 1.807) is 6.07 Å². The van der Waals surface area contributed by atoms with Gasteiger partial charge in [0, 0.05) is 37.8 Å². The lowest BCUT2D eigenvalue weighted by atomic mass is 9.93. The third kappa shape index (κ3) is 5.74. The van der Waals surface area contributed by atoms with Crippen LogP contribution in [0.1, 0.15) is 37.4 Å². The molecule has 0 unspecified atom stereocenters. The lowest BCUT2D eigenvalue weighted by molar-refractivity contribution is 0.151. The van der Waals surface area contributed by atoms with Crippen molar-refractivity contribution in [3.8, 4) is 0 Å². The fourth-order valence-corrected chi connectivity index (χ4v) is 2.83. The van der Waals surface area contributed by atoms with Crippen molar-refractivity contribution in [2.24, 2.45) is 5.92 Å². The Hall–Kier alpha value is -0.350. The second kappa shape index (κ2) is 9.62. The first-order valence-corrected chi connectivity index (χ1v) is 7.28. The lowest BCUT2D eigenvalue weighted by Crippen LogP contribution is -2.45. The molecule has 0 aromatic heterocycles. The number of benzene rings is 1. The van der Waals surface area contributed by atoms with E-state index in [-0.39, 0.29) is 36.7 Å². The lowest BCUT2D eigenvalue weighted by Gasteiger charge is -2.36. The van der Waals surface area contributed by atoms with Crippen molar-refractivity contribution >= 4 is 24.8 Å². The summed E-state index contributed by atoms with van der Waals surface area (Å²) in [7, 11) is 0. The quantitative estimate of drug-likeness (QED) is 0.894. The maximum Gasteiger partial charge on any atom is 0.128 e. The fourth-order valence-electron chi connectivity index (χ4n) is 2.83. The Balaban J connectivity index is 0.00000200. The molecule has 0 radical (unpaired) electrons. The molecule has 2 rings (SSSR count). The SMILES string of the molecule is Cc1ccc(F)c([C@H](CC(C)C)N2CCNCC2)c1.Cl.Cl. The summed E-state index contributed by atoms with van der Waals surface area (Å²) in [5, 5.41) is 3.36. The molecule has 1 aromatic rings. The Bertz CT molecular complexity index is 421. The van der Waals surface area contributed by atoms with Crippen LogP contribution in [-0.2, 0) is 0 Å². The average molecular weight is 337 g/mol. The highest BCUT2D eigenvalue weighted by atomic mass is 35.5. The van der Waals surface area contributed by atoms with Crippen LogP contribution < -0.4 is 5.32 Å². The molecule has 0 bridgehead atoms. The smallest absolute Gasteiger partial charge is 0.128 e. The molecule has 1 fully saturated rings. The number of nitrogens with zero attached hydrogens (tertiary/aromatic N) is 1. The van der Waals surface area contributed by atoms with Crippen molar-refractivity contribution < 1.29 is 4.39 Å². The number of piperazine rings is 1. The Kier molecular flexibility index (Phi) is 9.46. The minimum absolute atomic E-state index is 0. The van der Waals surface area contributed by atoms with Crippen LogP contribution in [0.5, 0.6) is 0 Å². The molecule has 0 saturated carbocycles. The molecule has 1 aliphatic rings. The topological polar surface area (TPSA) is 15.3 Å². The molecule has 1 N–H and O–H groups in total. The average Bonchev–Trinajstić information content (AvgIpc) is 2.40. The van der Waals surface area contributed by atoms with Gasteiger partial charge in [0.2, 0.25) is 0 Å². The van der Waals surface area contributed by atoms with Crippen LogP contribution in [0.15, 0.2) is 18.2 Å². The van der Waals surface area contributed by atoms with Gasteiger partial charge in [0.25, 0.3) is 0 Å². The van der Waals surface area contributed by atoms with Gasteiger partial charge in [-0.2, -0.15) is 0 Å². The standard InChI is InChI=1S/C16H25FN2.2ClH/c1-12(2)10-16(19-8-6-18-7-9-19)14-11-13(3)4-5-15(14)17;;/h4-5,11-12,16,18H,6-10H2,1-3H3;2*1H/t16-;;/m0../s1. The number of rotatable bonds is 4. The molecule has 0 spiro atoms. The van der Waals surface area contributed by atoms with Gasteiger partial charge in [-0.05, 0) is 25.3 Å². The van der Waals surface area contributed by atoms with Crippen LogP contribution in [0.25, 0.3) is 0 Å². The predicted octanol–water partition coefficient (Wildman–Crippen LogP) is 3.97. The zero-order valence-electron chi connectivity index (χ0n) is 13.1. The van der Waals surface area contributed by atoms with E-state index in [0.717, 1.165) is 43.7 Å². The zero-order valence-corrected chi connectivity index (χ0v) is 14.7. The predicted molar refractivity (Wildman–Crippen MR) is 92.3 cm³/mol. The molecule has 1 heterocycles. The molecule has 1 saturated heterocycles. The molecule has 1 aromatic carbocycles. The molecule has 1 aliphatic heterocycles. The molecule has 21 heavy (non-hydrogen) atoms. The maximum atomic E-state index is 14.2. The number of aryl methyl sites for hydroxylation is 1. The Morgan fingerprint density at radius 3 is 2.38 bits per heavy atom. The van der Waals surface area contributed by atoms with Gasteiger partial charge >= 0.3 is 0 Å². The number of nitrogens with one attached hydrogen (secondary N) is 1. The first-order chi connectivity index (χ1) is 9.08. The maximum absolute atomic E-state index is 14.2. The number of halogens is 3. The molecule has 1 atom stereocenters. The van der Waals surface area contributed by atoms with Crippen LogP contribution in [0, 0.1) is 18.7 Å². The van der Waals surface area contributed by atoms with Crippen LogP contribution in [0.4, 0.5) is 4.39 Å². The van der Waals surface area contributed by atoms with Gasteiger partial charge in [0.05, 0.1) is 0 Å². The van der Waals surface area contributed by atoms with Crippen molar-refractivity contribution in [3.05, 3.63) is 35.1 Å². The summed E-state index contributed by atoms with van der Waals surface area (Å²) >= 11 is 0. The van der Waals surface area contributed by atoms with Crippen molar-refractivity contribution in [2.75, 3.05) is 26.2 Å². The number of hydrogen-bond acceptors (Lipinski definition) is 2. The minimum Gasteiger partial charge on any atom is -0.314 e.